The summed E-state index contributed by atoms with van der Waals surface area (Å²) in [6.07, 6.45) is 1.31. The molecule has 0 spiro atoms. The summed E-state index contributed by atoms with van der Waals surface area (Å²) in [5.41, 5.74) is -0.268. The normalized spacial score (nSPS) is 13.4. The van der Waals surface area contributed by atoms with Gasteiger partial charge in [0.1, 0.15) is 5.78 Å². The van der Waals surface area contributed by atoms with Crippen molar-refractivity contribution in [3.8, 4) is 0 Å². The summed E-state index contributed by atoms with van der Waals surface area (Å²) in [5.74, 6) is 0.276. The lowest BCUT2D eigenvalue weighted by Crippen LogP contribution is -2.22. The van der Waals surface area contributed by atoms with Gasteiger partial charge in [0.25, 0.3) is 0 Å². The molecule has 1 atom stereocenters. The van der Waals surface area contributed by atoms with Gasteiger partial charge in [0.15, 0.2) is 0 Å². The van der Waals surface area contributed by atoms with E-state index in [0.29, 0.717) is 13.0 Å². The van der Waals surface area contributed by atoms with Gasteiger partial charge in [-0.05, 0) is 12.3 Å². The molecule has 0 aromatic carbocycles. The molecule has 0 aliphatic rings. The van der Waals surface area contributed by atoms with Gasteiger partial charge in [0, 0.05) is 18.8 Å². The molecule has 0 radical (unpaired) electrons. The highest BCUT2D eigenvalue weighted by Gasteiger charge is 2.22. The maximum absolute atomic E-state index is 11.7. The molecular weight excluding hydrogens is 192 g/mol. The first kappa shape index (κ1) is 14.1. The summed E-state index contributed by atoms with van der Waals surface area (Å²) < 4.78 is 4.83. The average molecular weight is 214 g/mol. The lowest BCUT2D eigenvalue weighted by Gasteiger charge is -2.19. The molecule has 15 heavy (non-hydrogen) atoms. The Kier molecular flexibility index (Phi) is 5.55. The Labute approximate surface area is 92.2 Å². The minimum Gasteiger partial charge on any atom is -0.466 e. The van der Waals surface area contributed by atoms with E-state index in [1.54, 1.807) is 0 Å². The summed E-state index contributed by atoms with van der Waals surface area (Å²) >= 11 is 0. The van der Waals surface area contributed by atoms with Gasteiger partial charge in [-0.3, -0.25) is 9.59 Å². The lowest BCUT2D eigenvalue weighted by atomic mass is 9.85. The van der Waals surface area contributed by atoms with Gasteiger partial charge >= 0.3 is 5.97 Å². The van der Waals surface area contributed by atoms with E-state index in [0.717, 1.165) is 6.42 Å². The minimum absolute atomic E-state index is 0.260. The second-order valence-corrected chi connectivity index (χ2v) is 5.11. The molecule has 3 nitrogen and oxygen atoms in total. The topological polar surface area (TPSA) is 43.4 Å². The fraction of sp³-hybridized carbons (Fsp3) is 0.833. The van der Waals surface area contributed by atoms with Crippen LogP contribution < -0.4 is 0 Å². The van der Waals surface area contributed by atoms with E-state index < -0.39 is 0 Å². The summed E-state index contributed by atoms with van der Waals surface area (Å²) in [7, 11) is 0. The second kappa shape index (κ2) is 5.89. The number of esters is 1. The monoisotopic (exact) mass is 214 g/mol. The quantitative estimate of drug-likeness (QED) is 0.661. The van der Waals surface area contributed by atoms with Crippen LogP contribution in [0, 0.1) is 11.3 Å². The summed E-state index contributed by atoms with van der Waals surface area (Å²) in [6.45, 7) is 9.59. The highest BCUT2D eigenvalue weighted by molar-refractivity contribution is 5.83. The third kappa shape index (κ3) is 7.11. The molecule has 0 aromatic heterocycles. The van der Waals surface area contributed by atoms with E-state index in [2.05, 4.69) is 0 Å². The van der Waals surface area contributed by atoms with Gasteiger partial charge in [0.05, 0.1) is 6.61 Å². The number of hydrogen-bond acceptors (Lipinski definition) is 3. The van der Waals surface area contributed by atoms with Crippen LogP contribution >= 0.6 is 0 Å². The van der Waals surface area contributed by atoms with Crippen molar-refractivity contribution < 1.29 is 14.3 Å². The number of carbonyl (C=O) groups excluding carboxylic acids is 2. The molecule has 0 heterocycles. The zero-order chi connectivity index (χ0) is 12.1. The van der Waals surface area contributed by atoms with Gasteiger partial charge in [-0.15, -0.1) is 0 Å². The molecule has 0 saturated heterocycles. The first-order valence-electron chi connectivity index (χ1n) is 5.40. The van der Waals surface area contributed by atoms with E-state index >= 15 is 0 Å². The summed E-state index contributed by atoms with van der Waals surface area (Å²) in [5, 5.41) is 0. The zero-order valence-electron chi connectivity index (χ0n) is 10.4. The maximum atomic E-state index is 11.7. The van der Waals surface area contributed by atoms with Crippen molar-refractivity contribution in [2.45, 2.75) is 47.5 Å². The van der Waals surface area contributed by atoms with Crippen molar-refractivity contribution in [3.05, 3.63) is 0 Å². The fourth-order valence-corrected chi connectivity index (χ4v) is 1.13. The Hall–Kier alpha value is -0.860. The number of Topliss-reactive ketones (excluding diaryl/α,β-unsaturated/α-hetero) is 1. The largest absolute Gasteiger partial charge is 0.466 e. The third-order valence-corrected chi connectivity index (χ3v) is 2.29. The minimum atomic E-state index is -0.268. The first-order chi connectivity index (χ1) is 6.73. The molecule has 0 rings (SSSR count). The Morgan fingerprint density at radius 1 is 1.27 bits per heavy atom. The van der Waals surface area contributed by atoms with Crippen LogP contribution in [0.3, 0.4) is 0 Å². The predicted molar refractivity (Wildman–Crippen MR) is 59.5 cm³/mol. The molecule has 0 N–H and O–H groups in total. The smallest absolute Gasteiger partial charge is 0.302 e. The zero-order valence-corrected chi connectivity index (χ0v) is 10.4. The van der Waals surface area contributed by atoms with Gasteiger partial charge in [0.2, 0.25) is 0 Å². The van der Waals surface area contributed by atoms with E-state index in [9.17, 15) is 9.59 Å². The number of rotatable bonds is 5. The van der Waals surface area contributed by atoms with Crippen LogP contribution in [0.5, 0.6) is 0 Å². The van der Waals surface area contributed by atoms with Crippen molar-refractivity contribution >= 4 is 11.8 Å². The highest BCUT2D eigenvalue weighted by atomic mass is 16.5. The molecule has 0 saturated carbocycles. The summed E-state index contributed by atoms with van der Waals surface area (Å²) in [6, 6.07) is 0. The van der Waals surface area contributed by atoms with E-state index in [1.165, 1.54) is 6.92 Å². The third-order valence-electron chi connectivity index (χ3n) is 2.29. The van der Waals surface area contributed by atoms with Crippen LogP contribution in [0.25, 0.3) is 0 Å². The van der Waals surface area contributed by atoms with Crippen LogP contribution in [0.4, 0.5) is 0 Å². The molecule has 0 aliphatic carbocycles. The Bertz CT molecular complexity index is 226. The fourth-order valence-electron chi connectivity index (χ4n) is 1.13. The SMILES string of the molecule is CC(=O)OCC[C@@H](C)CC(=O)C(C)(C)C. The van der Waals surface area contributed by atoms with Crippen LogP contribution in [-0.2, 0) is 14.3 Å². The molecule has 0 bridgehead atoms. The second-order valence-electron chi connectivity index (χ2n) is 5.11. The van der Waals surface area contributed by atoms with Crippen molar-refractivity contribution in [3.63, 3.8) is 0 Å². The van der Waals surface area contributed by atoms with Crippen LogP contribution in [0.1, 0.15) is 47.5 Å². The molecule has 88 valence electrons. The van der Waals surface area contributed by atoms with E-state index in [4.69, 9.17) is 4.74 Å². The number of ether oxygens (including phenoxy) is 1. The lowest BCUT2D eigenvalue weighted by molar-refractivity contribution is -0.141. The average Bonchev–Trinajstić information content (AvgIpc) is 2.01. The molecule has 0 amide bonds. The van der Waals surface area contributed by atoms with Crippen molar-refractivity contribution in [2.24, 2.45) is 11.3 Å². The molecule has 0 unspecified atom stereocenters. The van der Waals surface area contributed by atoms with Crippen molar-refractivity contribution in [2.75, 3.05) is 6.61 Å². The number of hydrogen-bond donors (Lipinski definition) is 0. The van der Waals surface area contributed by atoms with Gasteiger partial charge < -0.3 is 4.74 Å². The van der Waals surface area contributed by atoms with Crippen molar-refractivity contribution in [1.29, 1.82) is 0 Å². The molecule has 3 heteroatoms. The Morgan fingerprint density at radius 2 is 1.80 bits per heavy atom. The number of ketones is 1. The predicted octanol–water partition coefficient (Wildman–Crippen LogP) is 2.58. The van der Waals surface area contributed by atoms with Gasteiger partial charge in [-0.1, -0.05) is 27.7 Å². The van der Waals surface area contributed by atoms with Gasteiger partial charge in [-0.2, -0.15) is 0 Å². The number of carbonyl (C=O) groups is 2. The molecule has 0 aromatic rings. The van der Waals surface area contributed by atoms with Crippen LogP contribution in [-0.4, -0.2) is 18.4 Å². The molecule has 0 fully saturated rings. The standard InChI is InChI=1S/C12H22O3/c1-9(6-7-15-10(2)13)8-11(14)12(3,4)5/h9H,6-8H2,1-5H3/t9-/m1/s1. The first-order valence-corrected chi connectivity index (χ1v) is 5.40. The maximum Gasteiger partial charge on any atom is 0.302 e. The molecule has 0 aliphatic heterocycles. The highest BCUT2D eigenvalue weighted by Crippen LogP contribution is 2.21. The van der Waals surface area contributed by atoms with E-state index in [1.807, 2.05) is 27.7 Å². The van der Waals surface area contributed by atoms with Crippen LogP contribution in [0.15, 0.2) is 0 Å². The Balaban J connectivity index is 3.79. The van der Waals surface area contributed by atoms with Crippen molar-refractivity contribution in [1.82, 2.24) is 0 Å². The van der Waals surface area contributed by atoms with Crippen LogP contribution in [0.2, 0.25) is 0 Å². The van der Waals surface area contributed by atoms with E-state index in [-0.39, 0.29) is 23.1 Å². The Morgan fingerprint density at radius 3 is 2.20 bits per heavy atom. The molecular formula is C12H22O3. The summed E-state index contributed by atoms with van der Waals surface area (Å²) in [4.78, 5) is 22.2. The van der Waals surface area contributed by atoms with Gasteiger partial charge in [-0.25, -0.2) is 0 Å².